The number of hydrogen-bond acceptors (Lipinski definition) is 6. The number of hydrogen-bond donors (Lipinski definition) is 2. The van der Waals surface area contributed by atoms with Crippen molar-refractivity contribution in [2.75, 3.05) is 23.3 Å². The first-order valence-corrected chi connectivity index (χ1v) is 10.7. The zero-order valence-corrected chi connectivity index (χ0v) is 18.1. The Morgan fingerprint density at radius 3 is 2.44 bits per heavy atom. The Morgan fingerprint density at radius 1 is 1.12 bits per heavy atom. The highest BCUT2D eigenvalue weighted by Gasteiger charge is 2.37. The Labute approximate surface area is 187 Å². The molecule has 162 valence electrons. The van der Waals surface area contributed by atoms with Gasteiger partial charge in [0.05, 0.1) is 11.5 Å². The summed E-state index contributed by atoms with van der Waals surface area (Å²) in [6.45, 7) is 3.69. The standard InChI is InChI=1S/C25H26N6O/c1-18-22(24(32)30-21-9-7-19(15-26)8-10-21)28-17-29-23(18)31-13-11-25(16-27,12-14-31)20-5-3-2-4-6-20/h2-10,17H,11-15,26H2,1H3,(H,30,32). The van der Waals surface area contributed by atoms with Crippen LogP contribution in [0, 0.1) is 18.3 Å². The third kappa shape index (κ3) is 4.18. The molecule has 4 rings (SSSR count). The topological polar surface area (TPSA) is 108 Å². The lowest BCUT2D eigenvalue weighted by Crippen LogP contribution is -2.42. The Balaban J connectivity index is 1.50. The SMILES string of the molecule is Cc1c(C(=O)Nc2ccc(CN)cc2)ncnc1N1CCC(C#N)(c2ccccc2)CC1. The summed E-state index contributed by atoms with van der Waals surface area (Å²) in [5, 5.41) is 12.8. The van der Waals surface area contributed by atoms with Crippen molar-refractivity contribution in [2.24, 2.45) is 5.73 Å². The van der Waals surface area contributed by atoms with E-state index in [0.29, 0.717) is 43.9 Å². The number of nitriles is 1. The second-order valence-electron chi connectivity index (χ2n) is 8.07. The van der Waals surface area contributed by atoms with Crippen LogP contribution in [0.2, 0.25) is 0 Å². The Morgan fingerprint density at radius 2 is 1.81 bits per heavy atom. The van der Waals surface area contributed by atoms with E-state index in [0.717, 1.165) is 22.5 Å². The van der Waals surface area contributed by atoms with E-state index in [1.165, 1.54) is 6.33 Å². The molecule has 0 spiro atoms. The Bertz CT molecular complexity index is 1130. The number of benzene rings is 2. The lowest BCUT2D eigenvalue weighted by Gasteiger charge is -2.38. The highest BCUT2D eigenvalue weighted by Crippen LogP contribution is 2.36. The van der Waals surface area contributed by atoms with Gasteiger partial charge >= 0.3 is 0 Å². The van der Waals surface area contributed by atoms with Crippen LogP contribution in [0.15, 0.2) is 60.9 Å². The number of amides is 1. The van der Waals surface area contributed by atoms with Crippen LogP contribution in [0.1, 0.15) is 40.0 Å². The number of rotatable bonds is 5. The van der Waals surface area contributed by atoms with Crippen LogP contribution in [0.25, 0.3) is 0 Å². The molecule has 2 heterocycles. The molecule has 0 saturated carbocycles. The Hall–Kier alpha value is -3.76. The van der Waals surface area contributed by atoms with Crippen LogP contribution in [-0.4, -0.2) is 29.0 Å². The van der Waals surface area contributed by atoms with Gasteiger partial charge in [0.15, 0.2) is 0 Å². The monoisotopic (exact) mass is 426 g/mol. The molecule has 7 heteroatoms. The summed E-state index contributed by atoms with van der Waals surface area (Å²) in [6.07, 6.45) is 2.83. The van der Waals surface area contributed by atoms with E-state index >= 15 is 0 Å². The lowest BCUT2D eigenvalue weighted by molar-refractivity contribution is 0.102. The van der Waals surface area contributed by atoms with E-state index in [2.05, 4.69) is 26.3 Å². The zero-order chi connectivity index (χ0) is 22.6. The van der Waals surface area contributed by atoms with Gasteiger partial charge in [0.25, 0.3) is 5.91 Å². The molecule has 1 aliphatic heterocycles. The van der Waals surface area contributed by atoms with Crippen molar-refractivity contribution >= 4 is 17.4 Å². The number of aromatic nitrogens is 2. The largest absolute Gasteiger partial charge is 0.356 e. The zero-order valence-electron chi connectivity index (χ0n) is 18.1. The summed E-state index contributed by atoms with van der Waals surface area (Å²) in [5.41, 5.74) is 8.96. The number of carbonyl (C=O) groups is 1. The average Bonchev–Trinajstić information content (AvgIpc) is 2.85. The first kappa shape index (κ1) is 21.5. The molecule has 3 N–H and O–H groups in total. The van der Waals surface area contributed by atoms with Crippen LogP contribution < -0.4 is 16.0 Å². The maximum atomic E-state index is 12.9. The summed E-state index contributed by atoms with van der Waals surface area (Å²) >= 11 is 0. The normalized spacial score (nSPS) is 15.1. The molecule has 1 fully saturated rings. The van der Waals surface area contributed by atoms with Crippen LogP contribution in [0.5, 0.6) is 0 Å². The minimum Gasteiger partial charge on any atom is -0.356 e. The summed E-state index contributed by atoms with van der Waals surface area (Å²) in [5.74, 6) is 0.461. The Kier molecular flexibility index (Phi) is 6.15. The molecule has 2 aromatic carbocycles. The van der Waals surface area contributed by atoms with Gasteiger partial charge in [-0.25, -0.2) is 9.97 Å². The number of nitrogens with one attached hydrogen (secondary N) is 1. The minimum atomic E-state index is -0.491. The van der Waals surface area contributed by atoms with Crippen molar-refractivity contribution in [1.29, 1.82) is 5.26 Å². The molecule has 32 heavy (non-hydrogen) atoms. The predicted octanol–water partition coefficient (Wildman–Crippen LogP) is 3.56. The third-order valence-corrected chi connectivity index (χ3v) is 6.18. The predicted molar refractivity (Wildman–Crippen MR) is 124 cm³/mol. The highest BCUT2D eigenvalue weighted by atomic mass is 16.1. The van der Waals surface area contributed by atoms with Gasteiger partial charge in [0, 0.05) is 30.9 Å². The summed E-state index contributed by atoms with van der Waals surface area (Å²) < 4.78 is 0. The molecule has 1 amide bonds. The van der Waals surface area contributed by atoms with Crippen LogP contribution in [-0.2, 0) is 12.0 Å². The molecule has 0 unspecified atom stereocenters. The maximum absolute atomic E-state index is 12.9. The first-order valence-electron chi connectivity index (χ1n) is 10.7. The van der Waals surface area contributed by atoms with Crippen molar-refractivity contribution in [2.45, 2.75) is 31.7 Å². The van der Waals surface area contributed by atoms with Gasteiger partial charge < -0.3 is 16.0 Å². The van der Waals surface area contributed by atoms with Crippen molar-refractivity contribution < 1.29 is 4.79 Å². The first-order chi connectivity index (χ1) is 15.6. The second kappa shape index (κ2) is 9.16. The van der Waals surface area contributed by atoms with Gasteiger partial charge in [-0.3, -0.25) is 4.79 Å². The maximum Gasteiger partial charge on any atom is 0.274 e. The van der Waals surface area contributed by atoms with E-state index in [-0.39, 0.29) is 5.91 Å². The molecule has 0 radical (unpaired) electrons. The fourth-order valence-electron chi connectivity index (χ4n) is 4.23. The molecule has 0 bridgehead atoms. The fourth-order valence-corrected chi connectivity index (χ4v) is 4.23. The van der Waals surface area contributed by atoms with E-state index in [4.69, 9.17) is 5.73 Å². The van der Waals surface area contributed by atoms with E-state index in [9.17, 15) is 10.1 Å². The summed E-state index contributed by atoms with van der Waals surface area (Å²) in [7, 11) is 0. The smallest absolute Gasteiger partial charge is 0.274 e. The molecule has 1 aliphatic rings. The summed E-state index contributed by atoms with van der Waals surface area (Å²) in [6, 6.07) is 19.9. The molecule has 0 aliphatic carbocycles. The molecule has 1 saturated heterocycles. The van der Waals surface area contributed by atoms with Gasteiger partial charge in [0.1, 0.15) is 17.8 Å². The van der Waals surface area contributed by atoms with Crippen LogP contribution in [0.3, 0.4) is 0 Å². The molecule has 1 aromatic heterocycles. The van der Waals surface area contributed by atoms with Crippen LogP contribution in [0.4, 0.5) is 11.5 Å². The van der Waals surface area contributed by atoms with E-state index in [1.54, 1.807) is 0 Å². The van der Waals surface area contributed by atoms with E-state index in [1.807, 2.05) is 61.5 Å². The number of nitrogens with zero attached hydrogens (tertiary/aromatic N) is 4. The van der Waals surface area contributed by atoms with Crippen molar-refractivity contribution in [3.63, 3.8) is 0 Å². The lowest BCUT2D eigenvalue weighted by atomic mass is 9.74. The fraction of sp³-hybridized carbons (Fsp3) is 0.280. The van der Waals surface area contributed by atoms with Gasteiger partial charge in [-0.15, -0.1) is 0 Å². The second-order valence-corrected chi connectivity index (χ2v) is 8.07. The average molecular weight is 427 g/mol. The van der Waals surface area contributed by atoms with Crippen molar-refractivity contribution in [3.8, 4) is 6.07 Å². The highest BCUT2D eigenvalue weighted by molar-refractivity contribution is 6.04. The molecular formula is C25H26N6O. The van der Waals surface area contributed by atoms with Crippen molar-refractivity contribution in [1.82, 2.24) is 9.97 Å². The van der Waals surface area contributed by atoms with Gasteiger partial charge in [-0.1, -0.05) is 42.5 Å². The number of anilines is 2. The van der Waals surface area contributed by atoms with Gasteiger partial charge in [-0.2, -0.15) is 5.26 Å². The number of nitrogens with two attached hydrogens (primary N) is 1. The molecule has 3 aromatic rings. The van der Waals surface area contributed by atoms with Crippen molar-refractivity contribution in [3.05, 3.63) is 83.3 Å². The number of carbonyl (C=O) groups excluding carboxylic acids is 1. The summed E-state index contributed by atoms with van der Waals surface area (Å²) in [4.78, 5) is 23.7. The van der Waals surface area contributed by atoms with Gasteiger partial charge in [0.2, 0.25) is 0 Å². The molecular weight excluding hydrogens is 400 g/mol. The molecule has 7 nitrogen and oxygen atoms in total. The third-order valence-electron chi connectivity index (χ3n) is 6.18. The van der Waals surface area contributed by atoms with Gasteiger partial charge in [-0.05, 0) is 43.0 Å². The molecule has 0 atom stereocenters. The van der Waals surface area contributed by atoms with E-state index < -0.39 is 5.41 Å². The quantitative estimate of drug-likeness (QED) is 0.646. The van der Waals surface area contributed by atoms with Crippen LogP contribution >= 0.6 is 0 Å². The minimum absolute atomic E-state index is 0.278. The number of piperidine rings is 1.